The number of nitrogens with two attached hydrogens (primary N) is 1. The second-order valence-corrected chi connectivity index (χ2v) is 5.06. The van der Waals surface area contributed by atoms with Gasteiger partial charge in [-0.2, -0.15) is 0 Å². The van der Waals surface area contributed by atoms with Crippen LogP contribution in [0.15, 0.2) is 52.5 Å². The Hall–Kier alpha value is -1.03. The van der Waals surface area contributed by atoms with Gasteiger partial charge in [0.1, 0.15) is 5.03 Å². The molecule has 0 fully saturated rings. The van der Waals surface area contributed by atoms with E-state index in [0.29, 0.717) is 6.54 Å². The van der Waals surface area contributed by atoms with Crippen molar-refractivity contribution in [2.45, 2.75) is 16.3 Å². The van der Waals surface area contributed by atoms with E-state index in [2.05, 4.69) is 11.1 Å². The minimum absolute atomic E-state index is 0.634. The molecule has 88 valence electrons. The second kappa shape index (κ2) is 6.05. The molecule has 17 heavy (non-hydrogen) atoms. The van der Waals surface area contributed by atoms with Gasteiger partial charge in [-0.25, -0.2) is 4.98 Å². The van der Waals surface area contributed by atoms with E-state index in [1.807, 2.05) is 30.3 Å². The molecular formula is C13H13ClN2S. The number of pyridine rings is 1. The summed E-state index contributed by atoms with van der Waals surface area (Å²) in [4.78, 5) is 5.48. The van der Waals surface area contributed by atoms with Crippen LogP contribution in [0, 0.1) is 0 Å². The fourth-order valence-corrected chi connectivity index (χ4v) is 2.73. The number of hydrogen-bond donors (Lipinski definition) is 1. The van der Waals surface area contributed by atoms with Gasteiger partial charge < -0.3 is 5.73 Å². The molecule has 0 bridgehead atoms. The van der Waals surface area contributed by atoms with E-state index in [4.69, 9.17) is 17.3 Å². The minimum Gasteiger partial charge on any atom is -0.330 e. The molecule has 0 saturated heterocycles. The summed E-state index contributed by atoms with van der Waals surface area (Å²) in [6.07, 6.45) is 2.64. The van der Waals surface area contributed by atoms with Crippen molar-refractivity contribution in [2.75, 3.05) is 6.54 Å². The molecule has 0 spiro atoms. The lowest BCUT2D eigenvalue weighted by molar-refractivity contribution is 0.911. The fraction of sp³-hybridized carbons (Fsp3) is 0.154. The maximum absolute atomic E-state index is 5.96. The summed E-state index contributed by atoms with van der Waals surface area (Å²) < 4.78 is 0. The Morgan fingerprint density at radius 2 is 2.12 bits per heavy atom. The molecule has 0 atom stereocenters. The van der Waals surface area contributed by atoms with Crippen LogP contribution < -0.4 is 5.73 Å². The molecule has 2 nitrogen and oxygen atoms in total. The summed E-state index contributed by atoms with van der Waals surface area (Å²) in [6.45, 7) is 0.634. The van der Waals surface area contributed by atoms with Crippen LogP contribution in [0.1, 0.15) is 5.56 Å². The summed E-state index contributed by atoms with van der Waals surface area (Å²) >= 11 is 7.58. The number of aromatic nitrogens is 1. The van der Waals surface area contributed by atoms with E-state index < -0.39 is 0 Å². The van der Waals surface area contributed by atoms with E-state index in [1.54, 1.807) is 18.0 Å². The van der Waals surface area contributed by atoms with Crippen LogP contribution in [-0.4, -0.2) is 11.5 Å². The first kappa shape index (κ1) is 12.4. The molecule has 0 aliphatic rings. The van der Waals surface area contributed by atoms with Gasteiger partial charge in [-0.15, -0.1) is 0 Å². The quantitative estimate of drug-likeness (QED) is 0.920. The highest BCUT2D eigenvalue weighted by Gasteiger charge is 2.05. The van der Waals surface area contributed by atoms with Gasteiger partial charge in [-0.1, -0.05) is 35.5 Å². The van der Waals surface area contributed by atoms with Crippen LogP contribution in [0.4, 0.5) is 0 Å². The number of hydrogen-bond acceptors (Lipinski definition) is 3. The van der Waals surface area contributed by atoms with Crippen molar-refractivity contribution < 1.29 is 0 Å². The topological polar surface area (TPSA) is 38.9 Å². The van der Waals surface area contributed by atoms with Gasteiger partial charge in [0.15, 0.2) is 0 Å². The zero-order chi connectivity index (χ0) is 12.1. The summed E-state index contributed by atoms with van der Waals surface area (Å²) in [5.74, 6) is 0. The smallest absolute Gasteiger partial charge is 0.104 e. The predicted molar refractivity (Wildman–Crippen MR) is 72.6 cm³/mol. The normalized spacial score (nSPS) is 10.5. The van der Waals surface area contributed by atoms with E-state index in [1.165, 1.54) is 5.56 Å². The SMILES string of the molecule is NCCc1cccnc1Sc1cccc(Cl)c1. The largest absolute Gasteiger partial charge is 0.330 e. The zero-order valence-corrected chi connectivity index (χ0v) is 10.8. The minimum atomic E-state index is 0.634. The average molecular weight is 265 g/mol. The van der Waals surface area contributed by atoms with Crippen molar-refractivity contribution in [1.29, 1.82) is 0 Å². The van der Waals surface area contributed by atoms with Crippen LogP contribution in [0.25, 0.3) is 0 Å². The second-order valence-electron chi connectivity index (χ2n) is 3.57. The van der Waals surface area contributed by atoms with E-state index in [9.17, 15) is 0 Å². The van der Waals surface area contributed by atoms with Crippen molar-refractivity contribution in [3.05, 3.63) is 53.2 Å². The lowest BCUT2D eigenvalue weighted by atomic mass is 10.2. The van der Waals surface area contributed by atoms with Gasteiger partial charge in [0.05, 0.1) is 0 Å². The maximum atomic E-state index is 5.96. The van der Waals surface area contributed by atoms with Gasteiger partial charge in [0, 0.05) is 16.1 Å². The molecule has 0 aliphatic carbocycles. The fourth-order valence-electron chi connectivity index (χ4n) is 1.50. The first-order valence-corrected chi connectivity index (χ1v) is 6.56. The molecule has 4 heteroatoms. The monoisotopic (exact) mass is 264 g/mol. The highest BCUT2D eigenvalue weighted by molar-refractivity contribution is 7.99. The molecule has 1 aromatic heterocycles. The molecule has 0 saturated carbocycles. The van der Waals surface area contributed by atoms with Gasteiger partial charge in [0.25, 0.3) is 0 Å². The Kier molecular flexibility index (Phi) is 4.42. The molecule has 0 radical (unpaired) electrons. The summed E-state index contributed by atoms with van der Waals surface area (Å²) in [6, 6.07) is 11.8. The van der Waals surface area contributed by atoms with Gasteiger partial charge in [-0.05, 0) is 42.8 Å². The van der Waals surface area contributed by atoms with E-state index in [0.717, 1.165) is 21.4 Å². The Balaban J connectivity index is 2.23. The summed E-state index contributed by atoms with van der Waals surface area (Å²) in [7, 11) is 0. The van der Waals surface area contributed by atoms with Gasteiger partial charge >= 0.3 is 0 Å². The van der Waals surface area contributed by atoms with Crippen molar-refractivity contribution in [2.24, 2.45) is 5.73 Å². The van der Waals surface area contributed by atoms with Crippen molar-refractivity contribution in [1.82, 2.24) is 4.98 Å². The summed E-state index contributed by atoms with van der Waals surface area (Å²) in [5.41, 5.74) is 6.77. The van der Waals surface area contributed by atoms with Crippen LogP contribution in [0.2, 0.25) is 5.02 Å². The maximum Gasteiger partial charge on any atom is 0.104 e. The molecule has 0 amide bonds. The highest BCUT2D eigenvalue weighted by Crippen LogP contribution is 2.30. The Morgan fingerprint density at radius 1 is 1.24 bits per heavy atom. The Morgan fingerprint density at radius 3 is 2.88 bits per heavy atom. The third-order valence-electron chi connectivity index (χ3n) is 2.27. The molecule has 0 unspecified atom stereocenters. The zero-order valence-electron chi connectivity index (χ0n) is 9.27. The van der Waals surface area contributed by atoms with Crippen LogP contribution >= 0.6 is 23.4 Å². The summed E-state index contributed by atoms with van der Waals surface area (Å²) in [5, 5.41) is 1.74. The number of nitrogens with zero attached hydrogens (tertiary/aromatic N) is 1. The lowest BCUT2D eigenvalue weighted by Crippen LogP contribution is -2.04. The molecule has 1 aromatic carbocycles. The van der Waals surface area contributed by atoms with E-state index >= 15 is 0 Å². The van der Waals surface area contributed by atoms with Crippen LogP contribution in [0.3, 0.4) is 0 Å². The first-order chi connectivity index (χ1) is 8.29. The van der Waals surface area contributed by atoms with Crippen molar-refractivity contribution >= 4 is 23.4 Å². The Bertz CT molecular complexity index is 502. The third-order valence-corrected chi connectivity index (χ3v) is 3.56. The van der Waals surface area contributed by atoms with Gasteiger partial charge in [-0.3, -0.25) is 0 Å². The molecule has 2 aromatic rings. The van der Waals surface area contributed by atoms with Crippen molar-refractivity contribution in [3.63, 3.8) is 0 Å². The molecule has 2 rings (SSSR count). The number of halogens is 1. The third kappa shape index (κ3) is 3.46. The predicted octanol–water partition coefficient (Wildman–Crippen LogP) is 3.39. The van der Waals surface area contributed by atoms with Gasteiger partial charge in [0.2, 0.25) is 0 Å². The molecular weight excluding hydrogens is 252 g/mol. The standard InChI is InChI=1S/C13H13ClN2S/c14-11-4-1-5-12(9-11)17-13-10(6-7-15)3-2-8-16-13/h1-5,8-9H,6-7,15H2. The highest BCUT2D eigenvalue weighted by atomic mass is 35.5. The number of rotatable bonds is 4. The van der Waals surface area contributed by atoms with Crippen molar-refractivity contribution in [3.8, 4) is 0 Å². The molecule has 0 aliphatic heterocycles. The van der Waals surface area contributed by atoms with Crippen LogP contribution in [0.5, 0.6) is 0 Å². The lowest BCUT2D eigenvalue weighted by Gasteiger charge is -2.06. The first-order valence-electron chi connectivity index (χ1n) is 5.37. The Labute approximate surface area is 110 Å². The number of benzene rings is 1. The van der Waals surface area contributed by atoms with E-state index in [-0.39, 0.29) is 0 Å². The molecule has 1 heterocycles. The molecule has 2 N–H and O–H groups in total. The van der Waals surface area contributed by atoms with Crippen LogP contribution in [-0.2, 0) is 6.42 Å². The average Bonchev–Trinajstić information content (AvgIpc) is 2.32.